The first kappa shape index (κ1) is 37.5. The van der Waals surface area contributed by atoms with Crippen LogP contribution in [0.1, 0.15) is 133 Å². The number of quaternary nitrogens is 2. The van der Waals surface area contributed by atoms with Crippen LogP contribution >= 0.6 is 0 Å². The van der Waals surface area contributed by atoms with Crippen LogP contribution in [0.4, 0.5) is 9.59 Å². The number of carbonyl (C=O) groups excluding carboxylic acids is 4. The third kappa shape index (κ3) is 7.75. The highest BCUT2D eigenvalue weighted by molar-refractivity contribution is 5.65. The van der Waals surface area contributed by atoms with E-state index in [0.717, 1.165) is 12.8 Å². The Morgan fingerprint density at radius 1 is 0.659 bits per heavy atom. The topological polar surface area (TPSA) is 175 Å². The van der Waals surface area contributed by atoms with E-state index in [2.05, 4.69) is 10.6 Å². The van der Waals surface area contributed by atoms with Crippen LogP contribution in [0, 0.1) is 0 Å². The molecule has 44 heavy (non-hydrogen) atoms. The van der Waals surface area contributed by atoms with E-state index >= 15 is 0 Å². The van der Waals surface area contributed by atoms with E-state index in [9.17, 15) is 29.4 Å². The summed E-state index contributed by atoms with van der Waals surface area (Å²) in [5.74, 6) is -3.57. The predicted octanol–water partition coefficient (Wildman–Crippen LogP) is 3.00. The van der Waals surface area contributed by atoms with Crippen LogP contribution in [0.25, 0.3) is 0 Å². The molecule has 0 aliphatic carbocycles. The number of nitrogens with zero attached hydrogens (tertiary/aromatic N) is 2. The predicted molar refractivity (Wildman–Crippen MR) is 153 cm³/mol. The Morgan fingerprint density at radius 2 is 1.05 bits per heavy atom. The Kier molecular flexibility index (Phi) is 11.4. The minimum Gasteiger partial charge on any atom is -0.530 e. The van der Waals surface area contributed by atoms with E-state index in [4.69, 9.17) is 19.4 Å². The van der Waals surface area contributed by atoms with Gasteiger partial charge in [-0.1, -0.05) is 16.1 Å². The van der Waals surface area contributed by atoms with Gasteiger partial charge in [0.05, 0.1) is 0 Å². The smallest absolute Gasteiger partial charge is 0.368 e. The lowest BCUT2D eigenvalue weighted by Crippen LogP contribution is -2.81. The molecule has 2 fully saturated rings. The average Bonchev–Trinajstić information content (AvgIpc) is 2.81. The zero-order valence-electron chi connectivity index (χ0n) is 28.3. The number of amides is 2. The number of hydroxylamine groups is 8. The van der Waals surface area contributed by atoms with Crippen LogP contribution in [0.15, 0.2) is 0 Å². The van der Waals surface area contributed by atoms with E-state index < -0.39 is 61.8 Å². The SMILES string of the molecule is CC(=O)O[N+]1(OC(CCCCCNC(=O)[O-])(NC(=O)[O-])O[N+]2(OC(C)=O)C(C)(C)CCCC2(C)C)C(C)(C)CCCC1(C)C. The molecule has 14 nitrogen and oxygen atoms in total. The van der Waals surface area contributed by atoms with Crippen molar-refractivity contribution in [2.75, 3.05) is 6.54 Å². The second-order valence-corrected chi connectivity index (χ2v) is 14.6. The van der Waals surface area contributed by atoms with Crippen molar-refractivity contribution in [1.82, 2.24) is 10.6 Å². The second kappa shape index (κ2) is 13.4. The van der Waals surface area contributed by atoms with E-state index in [-0.39, 0.29) is 19.4 Å². The lowest BCUT2D eigenvalue weighted by Gasteiger charge is -2.59. The number of hydrogen-bond acceptors (Lipinski definition) is 10. The van der Waals surface area contributed by atoms with Crippen molar-refractivity contribution in [2.45, 2.75) is 162 Å². The third-order valence-electron chi connectivity index (χ3n) is 9.15. The molecular weight excluding hydrogens is 576 g/mol. The van der Waals surface area contributed by atoms with Crippen molar-refractivity contribution in [3.63, 3.8) is 0 Å². The summed E-state index contributed by atoms with van der Waals surface area (Å²) in [7, 11) is 0. The van der Waals surface area contributed by atoms with E-state index in [1.54, 1.807) is 0 Å². The Bertz CT molecular complexity index is 980. The molecule has 2 saturated heterocycles. The van der Waals surface area contributed by atoms with Crippen molar-refractivity contribution in [1.29, 1.82) is 0 Å². The molecule has 2 amide bonds. The lowest BCUT2D eigenvalue weighted by molar-refractivity contribution is -1.34. The highest BCUT2D eigenvalue weighted by Gasteiger charge is 2.72. The van der Waals surface area contributed by atoms with Crippen LogP contribution in [0.5, 0.6) is 0 Å². The van der Waals surface area contributed by atoms with Crippen molar-refractivity contribution in [3.05, 3.63) is 0 Å². The zero-order valence-corrected chi connectivity index (χ0v) is 28.3. The molecule has 0 unspecified atom stereocenters. The van der Waals surface area contributed by atoms with Gasteiger partial charge in [-0.25, -0.2) is 19.3 Å². The standard InChI is InChI=1S/C30H54N4O10/c1-22(35)41-33(26(3,4)16-14-17-27(33,5)6)43-30(32-25(39)40,20-12-11-13-21-31-24(37)38)44-34(42-23(2)36)28(7,8)18-15-19-29(34,9)10/h31-32H,11-21H2,1-10H3. The maximum absolute atomic E-state index is 12.8. The molecule has 0 aromatic rings. The van der Waals surface area contributed by atoms with Crippen molar-refractivity contribution in [3.8, 4) is 0 Å². The molecule has 0 bridgehead atoms. The molecule has 0 spiro atoms. The van der Waals surface area contributed by atoms with Gasteiger partial charge < -0.3 is 30.4 Å². The molecule has 2 aliphatic heterocycles. The first-order chi connectivity index (χ1) is 20.0. The molecule has 2 aliphatic rings. The fourth-order valence-corrected chi connectivity index (χ4v) is 7.16. The molecular formula is C30H54N4O10. The highest BCUT2D eigenvalue weighted by atomic mass is 17.1. The molecule has 0 radical (unpaired) electrons. The van der Waals surface area contributed by atoms with Gasteiger partial charge >= 0.3 is 17.8 Å². The minimum absolute atomic E-state index is 0.131. The molecule has 2 rings (SSSR count). The summed E-state index contributed by atoms with van der Waals surface area (Å²) in [5.41, 5.74) is -3.53. The van der Waals surface area contributed by atoms with Crippen molar-refractivity contribution < 1.29 is 58.4 Å². The van der Waals surface area contributed by atoms with Crippen LogP contribution < -0.4 is 20.8 Å². The molecule has 0 atom stereocenters. The number of hydrogen-bond donors (Lipinski definition) is 2. The van der Waals surface area contributed by atoms with Gasteiger partial charge in [-0.2, -0.15) is 0 Å². The fourth-order valence-electron chi connectivity index (χ4n) is 7.16. The highest BCUT2D eigenvalue weighted by Crippen LogP contribution is 2.52. The molecule has 0 aromatic carbocycles. The summed E-state index contributed by atoms with van der Waals surface area (Å²) in [6, 6.07) is 0. The van der Waals surface area contributed by atoms with Gasteiger partial charge in [-0.05, 0) is 81.1 Å². The monoisotopic (exact) mass is 630 g/mol. The molecule has 0 saturated carbocycles. The molecule has 14 heteroatoms. The maximum atomic E-state index is 12.8. The van der Waals surface area contributed by atoms with Gasteiger partial charge in [0.2, 0.25) is 0 Å². The Labute approximate surface area is 261 Å². The minimum atomic E-state index is -2.27. The summed E-state index contributed by atoms with van der Waals surface area (Å²) in [4.78, 5) is 73.2. The Morgan fingerprint density at radius 3 is 1.36 bits per heavy atom. The maximum Gasteiger partial charge on any atom is 0.368 e. The zero-order chi connectivity index (χ0) is 33.8. The van der Waals surface area contributed by atoms with E-state index in [1.165, 1.54) is 13.8 Å². The van der Waals surface area contributed by atoms with Crippen molar-refractivity contribution >= 4 is 24.1 Å². The van der Waals surface area contributed by atoms with Gasteiger partial charge in [0.1, 0.15) is 12.2 Å². The Balaban J connectivity index is 2.83. The molecule has 0 aromatic heterocycles. The van der Waals surface area contributed by atoms with Crippen LogP contribution in [0.2, 0.25) is 0 Å². The normalized spacial score (nSPS) is 22.7. The second-order valence-electron chi connectivity index (χ2n) is 14.6. The van der Waals surface area contributed by atoms with Crippen LogP contribution in [-0.4, -0.2) is 68.4 Å². The summed E-state index contributed by atoms with van der Waals surface area (Å²) >= 11 is 0. The fraction of sp³-hybridized carbons (Fsp3) is 0.867. The summed E-state index contributed by atoms with van der Waals surface area (Å²) in [6.45, 7) is 17.6. The number of piperidine rings is 2. The van der Waals surface area contributed by atoms with Gasteiger partial charge in [0.25, 0.3) is 0 Å². The average molecular weight is 631 g/mol. The number of carbonyl (C=O) groups is 4. The van der Waals surface area contributed by atoms with Gasteiger partial charge in [-0.15, -0.1) is 0 Å². The van der Waals surface area contributed by atoms with Crippen LogP contribution in [-0.2, 0) is 28.9 Å². The van der Waals surface area contributed by atoms with Gasteiger partial charge in [-0.3, -0.25) is 0 Å². The molecule has 254 valence electrons. The third-order valence-corrected chi connectivity index (χ3v) is 9.15. The Hall–Kier alpha value is -2.68. The van der Waals surface area contributed by atoms with E-state index in [0.29, 0.717) is 38.5 Å². The number of unbranched alkanes of at least 4 members (excludes halogenated alkanes) is 2. The first-order valence-electron chi connectivity index (χ1n) is 15.5. The summed E-state index contributed by atoms with van der Waals surface area (Å²) < 4.78 is 0. The van der Waals surface area contributed by atoms with Gasteiger partial charge in [0, 0.05) is 62.1 Å². The number of rotatable bonds is 13. The van der Waals surface area contributed by atoms with Gasteiger partial charge in [0.15, 0.2) is 22.2 Å². The van der Waals surface area contributed by atoms with Crippen LogP contribution in [0.3, 0.4) is 0 Å². The molecule has 2 N–H and O–H groups in total. The first-order valence-corrected chi connectivity index (χ1v) is 15.5. The summed E-state index contributed by atoms with van der Waals surface area (Å²) in [5, 5.41) is 27.9. The lowest BCUT2D eigenvalue weighted by atomic mass is 9.81. The van der Waals surface area contributed by atoms with Crippen molar-refractivity contribution in [2.24, 2.45) is 0 Å². The number of nitrogens with one attached hydrogen (secondary N) is 2. The summed E-state index contributed by atoms with van der Waals surface area (Å²) in [6.07, 6.45) is 1.76. The molecule has 2 heterocycles. The quantitative estimate of drug-likeness (QED) is 0.175. The number of carboxylic acid groups (broad SMARTS) is 2. The largest absolute Gasteiger partial charge is 0.530 e. The van der Waals surface area contributed by atoms with E-state index in [1.807, 2.05) is 55.4 Å².